The van der Waals surface area contributed by atoms with E-state index in [9.17, 15) is 14.4 Å². The summed E-state index contributed by atoms with van der Waals surface area (Å²) in [6, 6.07) is 6.97. The van der Waals surface area contributed by atoms with Crippen LogP contribution >= 0.6 is 15.9 Å². The van der Waals surface area contributed by atoms with Gasteiger partial charge in [0, 0.05) is 24.5 Å². The van der Waals surface area contributed by atoms with Crippen LogP contribution < -0.4 is 16.0 Å². The zero-order valence-electron chi connectivity index (χ0n) is 10.3. The summed E-state index contributed by atoms with van der Waals surface area (Å²) < 4.78 is 0.689. The van der Waals surface area contributed by atoms with Gasteiger partial charge in [0.05, 0.1) is 5.69 Å². The molecule has 0 aromatic heterocycles. The first kappa shape index (κ1) is 15.2. The van der Waals surface area contributed by atoms with Crippen molar-refractivity contribution in [3.63, 3.8) is 0 Å². The number of carbonyl (C=O) groups is 3. The predicted octanol–water partition coefficient (Wildman–Crippen LogP) is 0.640. The zero-order chi connectivity index (χ0) is 14.3. The summed E-state index contributed by atoms with van der Waals surface area (Å²) in [5, 5.41) is 7.38. The molecule has 19 heavy (non-hydrogen) atoms. The topological polar surface area (TPSA) is 87.3 Å². The highest BCUT2D eigenvalue weighted by molar-refractivity contribution is 9.10. The molecule has 3 amide bonds. The van der Waals surface area contributed by atoms with Crippen LogP contribution in [-0.2, 0) is 14.4 Å². The Morgan fingerprint density at radius 3 is 2.32 bits per heavy atom. The number of hydrogen-bond donors (Lipinski definition) is 3. The monoisotopic (exact) mass is 327 g/mol. The van der Waals surface area contributed by atoms with Crippen molar-refractivity contribution in [3.05, 3.63) is 28.7 Å². The number of amides is 3. The SMILES string of the molecule is CC(=O)NCCNC(=O)C(=O)Nc1ccccc1Br. The van der Waals surface area contributed by atoms with Crippen molar-refractivity contribution in [2.45, 2.75) is 6.92 Å². The van der Waals surface area contributed by atoms with Gasteiger partial charge in [-0.25, -0.2) is 0 Å². The molecule has 1 rings (SSSR count). The Balaban J connectivity index is 2.39. The van der Waals surface area contributed by atoms with Gasteiger partial charge < -0.3 is 16.0 Å². The number of halogens is 1. The fourth-order valence-electron chi connectivity index (χ4n) is 1.24. The van der Waals surface area contributed by atoms with E-state index in [1.54, 1.807) is 24.3 Å². The number of anilines is 1. The Bertz CT molecular complexity index is 491. The van der Waals surface area contributed by atoms with Crippen LogP contribution in [0.4, 0.5) is 5.69 Å². The van der Waals surface area contributed by atoms with Crippen molar-refractivity contribution in [1.29, 1.82) is 0 Å². The van der Waals surface area contributed by atoms with Crippen LogP contribution in [0.2, 0.25) is 0 Å². The fraction of sp³-hybridized carbons (Fsp3) is 0.250. The van der Waals surface area contributed by atoms with Crippen molar-refractivity contribution in [2.75, 3.05) is 18.4 Å². The molecule has 7 heteroatoms. The Labute approximate surface area is 119 Å². The fourth-order valence-corrected chi connectivity index (χ4v) is 1.62. The van der Waals surface area contributed by atoms with Crippen molar-refractivity contribution in [1.82, 2.24) is 10.6 Å². The number of para-hydroxylation sites is 1. The van der Waals surface area contributed by atoms with E-state index in [1.165, 1.54) is 6.92 Å². The summed E-state index contributed by atoms with van der Waals surface area (Å²) in [4.78, 5) is 33.6. The normalized spacial score (nSPS) is 9.58. The van der Waals surface area contributed by atoms with E-state index in [4.69, 9.17) is 0 Å². The summed E-state index contributed by atoms with van der Waals surface area (Å²) in [7, 11) is 0. The standard InChI is InChI=1S/C12H14BrN3O3/c1-8(17)14-6-7-15-11(18)12(19)16-10-5-3-2-4-9(10)13/h2-5H,6-7H2,1H3,(H,14,17)(H,15,18)(H,16,19). The van der Waals surface area contributed by atoms with Gasteiger partial charge in [-0.05, 0) is 28.1 Å². The quantitative estimate of drug-likeness (QED) is 0.560. The number of rotatable bonds is 4. The van der Waals surface area contributed by atoms with Gasteiger partial charge in [0.15, 0.2) is 0 Å². The molecular weight excluding hydrogens is 314 g/mol. The minimum Gasteiger partial charge on any atom is -0.355 e. The molecule has 3 N–H and O–H groups in total. The van der Waals surface area contributed by atoms with Crippen molar-refractivity contribution >= 4 is 39.3 Å². The Kier molecular flexibility index (Phi) is 6.01. The molecule has 0 heterocycles. The summed E-state index contributed by atoms with van der Waals surface area (Å²) in [5.74, 6) is -1.69. The highest BCUT2D eigenvalue weighted by atomic mass is 79.9. The maximum Gasteiger partial charge on any atom is 0.313 e. The third-order valence-electron chi connectivity index (χ3n) is 2.11. The average Bonchev–Trinajstić information content (AvgIpc) is 2.36. The van der Waals surface area contributed by atoms with E-state index in [-0.39, 0.29) is 19.0 Å². The molecule has 0 aliphatic carbocycles. The second-order valence-electron chi connectivity index (χ2n) is 3.67. The van der Waals surface area contributed by atoms with Crippen molar-refractivity contribution in [3.8, 4) is 0 Å². The summed E-state index contributed by atoms with van der Waals surface area (Å²) in [6.07, 6.45) is 0. The molecule has 0 fully saturated rings. The minimum absolute atomic E-state index is 0.188. The Hall–Kier alpha value is -1.89. The van der Waals surface area contributed by atoms with E-state index < -0.39 is 11.8 Å². The highest BCUT2D eigenvalue weighted by Crippen LogP contribution is 2.20. The molecule has 6 nitrogen and oxygen atoms in total. The van der Waals surface area contributed by atoms with Crippen LogP contribution in [0.3, 0.4) is 0 Å². The molecule has 0 aliphatic heterocycles. The Morgan fingerprint density at radius 2 is 1.68 bits per heavy atom. The van der Waals surface area contributed by atoms with E-state index in [2.05, 4.69) is 31.9 Å². The molecule has 1 aromatic rings. The molecule has 102 valence electrons. The van der Waals surface area contributed by atoms with Crippen molar-refractivity contribution in [2.24, 2.45) is 0 Å². The molecule has 0 atom stereocenters. The Morgan fingerprint density at radius 1 is 1.05 bits per heavy atom. The predicted molar refractivity (Wildman–Crippen MR) is 74.5 cm³/mol. The smallest absolute Gasteiger partial charge is 0.313 e. The zero-order valence-corrected chi connectivity index (χ0v) is 11.9. The lowest BCUT2D eigenvalue weighted by Crippen LogP contribution is -2.39. The first-order valence-electron chi connectivity index (χ1n) is 5.59. The molecule has 0 spiro atoms. The first-order chi connectivity index (χ1) is 9.00. The second-order valence-corrected chi connectivity index (χ2v) is 4.53. The number of hydrogen-bond acceptors (Lipinski definition) is 3. The molecule has 1 aromatic carbocycles. The van der Waals surface area contributed by atoms with Gasteiger partial charge in [-0.3, -0.25) is 14.4 Å². The second kappa shape index (κ2) is 7.52. The van der Waals surface area contributed by atoms with E-state index in [1.807, 2.05) is 0 Å². The van der Waals surface area contributed by atoms with Crippen LogP contribution in [-0.4, -0.2) is 30.8 Å². The van der Waals surface area contributed by atoms with Crippen LogP contribution in [0.1, 0.15) is 6.92 Å². The number of carbonyl (C=O) groups excluding carboxylic acids is 3. The van der Waals surface area contributed by atoms with Gasteiger partial charge in [-0.1, -0.05) is 12.1 Å². The first-order valence-corrected chi connectivity index (χ1v) is 6.38. The summed E-state index contributed by atoms with van der Waals surface area (Å²) in [5.41, 5.74) is 0.518. The van der Waals surface area contributed by atoms with Crippen LogP contribution in [0.5, 0.6) is 0 Å². The van der Waals surface area contributed by atoms with E-state index in [0.29, 0.717) is 10.2 Å². The average molecular weight is 328 g/mol. The van der Waals surface area contributed by atoms with Crippen molar-refractivity contribution < 1.29 is 14.4 Å². The minimum atomic E-state index is -0.755. The molecule has 0 radical (unpaired) electrons. The number of nitrogens with one attached hydrogen (secondary N) is 3. The van der Waals surface area contributed by atoms with Gasteiger partial charge in [-0.15, -0.1) is 0 Å². The summed E-state index contributed by atoms with van der Waals surface area (Å²) >= 11 is 3.26. The largest absolute Gasteiger partial charge is 0.355 e. The lowest BCUT2D eigenvalue weighted by atomic mass is 10.3. The summed E-state index contributed by atoms with van der Waals surface area (Å²) in [6.45, 7) is 1.85. The molecule has 0 saturated carbocycles. The van der Waals surface area contributed by atoms with Gasteiger partial charge in [0.1, 0.15) is 0 Å². The third-order valence-corrected chi connectivity index (χ3v) is 2.80. The van der Waals surface area contributed by atoms with Crippen LogP contribution in [0.25, 0.3) is 0 Å². The lowest BCUT2D eigenvalue weighted by molar-refractivity contribution is -0.136. The molecule has 0 unspecified atom stereocenters. The third kappa shape index (κ3) is 5.52. The molecular formula is C12H14BrN3O3. The lowest BCUT2D eigenvalue weighted by Gasteiger charge is -2.08. The van der Waals surface area contributed by atoms with E-state index in [0.717, 1.165) is 0 Å². The maximum absolute atomic E-state index is 11.6. The van der Waals surface area contributed by atoms with Gasteiger partial charge in [0.25, 0.3) is 0 Å². The van der Waals surface area contributed by atoms with Crippen LogP contribution in [0.15, 0.2) is 28.7 Å². The molecule has 0 bridgehead atoms. The van der Waals surface area contributed by atoms with Gasteiger partial charge in [-0.2, -0.15) is 0 Å². The molecule has 0 saturated heterocycles. The van der Waals surface area contributed by atoms with Gasteiger partial charge >= 0.3 is 11.8 Å². The maximum atomic E-state index is 11.6. The highest BCUT2D eigenvalue weighted by Gasteiger charge is 2.13. The van der Waals surface area contributed by atoms with E-state index >= 15 is 0 Å². The number of benzene rings is 1. The van der Waals surface area contributed by atoms with Gasteiger partial charge in [0.2, 0.25) is 5.91 Å². The van der Waals surface area contributed by atoms with Crippen LogP contribution in [0, 0.1) is 0 Å². The molecule has 0 aliphatic rings.